The van der Waals surface area contributed by atoms with Crippen LogP contribution in [0.4, 0.5) is 8.78 Å². The maximum Gasteiger partial charge on any atom is 0.263 e. The fourth-order valence-electron chi connectivity index (χ4n) is 4.91. The van der Waals surface area contributed by atoms with Gasteiger partial charge in [0, 0.05) is 28.8 Å². The van der Waals surface area contributed by atoms with Crippen molar-refractivity contribution in [1.82, 2.24) is 9.78 Å². The molecule has 0 amide bonds. The minimum Gasteiger partial charge on any atom is -0.298 e. The summed E-state index contributed by atoms with van der Waals surface area (Å²) in [7, 11) is 0. The van der Waals surface area contributed by atoms with Crippen LogP contribution in [0.3, 0.4) is 0 Å². The zero-order chi connectivity index (χ0) is 35.8. The molecule has 2 aromatic rings. The molecule has 0 spiro atoms. The van der Waals surface area contributed by atoms with Crippen molar-refractivity contribution in [2.24, 2.45) is 0 Å². The number of unbranched alkanes of at least 4 members (excludes halogenated alkanes) is 1. The summed E-state index contributed by atoms with van der Waals surface area (Å²) < 4.78 is 26.2. The molecule has 1 unspecified atom stereocenters. The summed E-state index contributed by atoms with van der Waals surface area (Å²) in [6.45, 7) is 24.7. The van der Waals surface area contributed by atoms with Crippen molar-refractivity contribution in [3.8, 4) is 5.69 Å². The number of ketones is 1. The van der Waals surface area contributed by atoms with E-state index in [2.05, 4.69) is 69.5 Å². The molecule has 0 N–H and O–H groups in total. The smallest absolute Gasteiger partial charge is 0.263 e. The van der Waals surface area contributed by atoms with Gasteiger partial charge in [0.25, 0.3) is 6.43 Å². The number of rotatable bonds is 17. The number of carbonyl (C=O) groups excluding carboxylic acids is 2. The zero-order valence-electron chi connectivity index (χ0n) is 30.2. The maximum absolute atomic E-state index is 12.0. The molecule has 0 saturated heterocycles. The monoisotopic (exact) mass is 650 g/mol. The summed E-state index contributed by atoms with van der Waals surface area (Å²) in [4.78, 5) is 20.2. The highest BCUT2D eigenvalue weighted by Gasteiger charge is 2.25. The van der Waals surface area contributed by atoms with Crippen LogP contribution in [-0.2, 0) is 22.4 Å². The SMILES string of the molecule is C=C(/C=C\C(C=O)=C/CCC)C(F)F.C=CC(C)=O.C=CCc1nn(-c2ccc(C3CC3)cc2)c(CCC)c1C(CC)CCC.CC. The topological polar surface area (TPSA) is 52.0 Å². The number of benzene rings is 1. The predicted molar refractivity (Wildman–Crippen MR) is 197 cm³/mol. The highest BCUT2D eigenvalue weighted by Crippen LogP contribution is 2.40. The Hall–Kier alpha value is -3.67. The summed E-state index contributed by atoms with van der Waals surface area (Å²) in [6, 6.07) is 9.14. The summed E-state index contributed by atoms with van der Waals surface area (Å²) in [5.74, 6) is 1.43. The number of aldehydes is 1. The van der Waals surface area contributed by atoms with Gasteiger partial charge in [0.1, 0.15) is 6.29 Å². The van der Waals surface area contributed by atoms with Gasteiger partial charge >= 0.3 is 0 Å². The molecule has 1 aromatic heterocycles. The third-order valence-corrected chi connectivity index (χ3v) is 7.51. The molecule has 1 saturated carbocycles. The molecule has 1 heterocycles. The van der Waals surface area contributed by atoms with Crippen LogP contribution in [0, 0.1) is 0 Å². The Kier molecular flexibility index (Phi) is 23.4. The number of aromatic nitrogens is 2. The molecule has 6 heteroatoms. The van der Waals surface area contributed by atoms with E-state index in [0.29, 0.717) is 17.8 Å². The van der Waals surface area contributed by atoms with Gasteiger partial charge in [0.05, 0.1) is 11.4 Å². The first-order valence-corrected chi connectivity index (χ1v) is 17.4. The van der Waals surface area contributed by atoms with Crippen LogP contribution in [0.2, 0.25) is 0 Å². The first-order chi connectivity index (χ1) is 22.6. The zero-order valence-corrected chi connectivity index (χ0v) is 30.2. The molecule has 0 bridgehead atoms. The van der Waals surface area contributed by atoms with Gasteiger partial charge in [-0.2, -0.15) is 5.10 Å². The van der Waals surface area contributed by atoms with E-state index in [1.54, 1.807) is 6.08 Å². The van der Waals surface area contributed by atoms with Crippen LogP contribution in [0.15, 0.2) is 85.5 Å². The lowest BCUT2D eigenvalue weighted by molar-refractivity contribution is -0.112. The summed E-state index contributed by atoms with van der Waals surface area (Å²) in [5, 5.41) is 5.08. The minimum absolute atomic E-state index is 0.0185. The quantitative estimate of drug-likeness (QED) is 0.0741. The van der Waals surface area contributed by atoms with Gasteiger partial charge in [0.2, 0.25) is 0 Å². The lowest BCUT2D eigenvalue weighted by Gasteiger charge is -2.17. The standard InChI is InChI=1S/C24H34N2.C11H14F2O.C4H6O.C2H6/c1-5-9-18(8-4)24-22(10-6-2)25-26(23(24)11-7-3)21-16-14-20(15-17-21)19-12-13-19;1-3-4-5-10(8-14)7-6-9(2)11(12)13;1-3-4(2)5;1-2/h6,14-19H,2,5,7-13H2,1,3-4H3;5-8,11H,2-4H2,1H3;3H,1H2,2H3;1-2H3/b;7-6-,10-5+;;. The molecule has 1 fully saturated rings. The molecule has 1 aromatic carbocycles. The Morgan fingerprint density at radius 1 is 1.02 bits per heavy atom. The molecule has 3 rings (SSSR count). The van der Waals surface area contributed by atoms with E-state index in [4.69, 9.17) is 5.10 Å². The second-order valence-corrected chi connectivity index (χ2v) is 11.4. The first-order valence-electron chi connectivity index (χ1n) is 17.4. The Bertz CT molecular complexity index is 1280. The average molecular weight is 651 g/mol. The number of halogens is 2. The van der Waals surface area contributed by atoms with E-state index >= 15 is 0 Å². The number of carbonyl (C=O) groups is 2. The van der Waals surface area contributed by atoms with E-state index in [0.717, 1.165) is 38.0 Å². The second kappa shape index (κ2) is 25.4. The van der Waals surface area contributed by atoms with Crippen molar-refractivity contribution in [3.05, 3.63) is 108 Å². The predicted octanol–water partition coefficient (Wildman–Crippen LogP) is 11.8. The van der Waals surface area contributed by atoms with Gasteiger partial charge in [-0.05, 0) is 81.1 Å². The van der Waals surface area contributed by atoms with E-state index in [1.165, 1.54) is 85.5 Å². The Labute approximate surface area is 284 Å². The maximum atomic E-state index is 12.0. The van der Waals surface area contributed by atoms with Crippen LogP contribution in [-0.4, -0.2) is 28.3 Å². The first kappa shape index (κ1) is 43.3. The Morgan fingerprint density at radius 2 is 1.64 bits per heavy atom. The number of alkyl halides is 2. The highest BCUT2D eigenvalue weighted by molar-refractivity contribution is 5.86. The van der Waals surface area contributed by atoms with Crippen LogP contribution in [0.5, 0.6) is 0 Å². The van der Waals surface area contributed by atoms with Crippen LogP contribution < -0.4 is 0 Å². The van der Waals surface area contributed by atoms with Gasteiger partial charge in [-0.15, -0.1) is 6.58 Å². The molecular weight excluding hydrogens is 590 g/mol. The molecule has 0 aliphatic heterocycles. The second-order valence-electron chi connectivity index (χ2n) is 11.4. The fraction of sp³-hybridized carbons (Fsp3) is 0.488. The number of nitrogens with zero attached hydrogens (tertiary/aromatic N) is 2. The molecule has 1 atom stereocenters. The van der Waals surface area contributed by atoms with Gasteiger partial charge < -0.3 is 0 Å². The largest absolute Gasteiger partial charge is 0.298 e. The number of hydrogen-bond donors (Lipinski definition) is 0. The van der Waals surface area contributed by atoms with Crippen molar-refractivity contribution in [3.63, 3.8) is 0 Å². The molecule has 1 aliphatic rings. The fourth-order valence-corrected chi connectivity index (χ4v) is 4.91. The number of hydrogen-bond acceptors (Lipinski definition) is 3. The van der Waals surface area contributed by atoms with E-state index in [-0.39, 0.29) is 11.4 Å². The molecule has 47 heavy (non-hydrogen) atoms. The van der Waals surface area contributed by atoms with E-state index < -0.39 is 6.43 Å². The lowest BCUT2D eigenvalue weighted by Crippen LogP contribution is -2.06. The average Bonchev–Trinajstić information content (AvgIpc) is 3.88. The molecular formula is C41H60F2N2O2. The Balaban J connectivity index is 0.000000849. The Morgan fingerprint density at radius 3 is 2.06 bits per heavy atom. The third kappa shape index (κ3) is 16.1. The van der Waals surface area contributed by atoms with Crippen molar-refractivity contribution >= 4 is 12.1 Å². The highest BCUT2D eigenvalue weighted by atomic mass is 19.3. The van der Waals surface area contributed by atoms with Crippen LogP contribution >= 0.6 is 0 Å². The van der Waals surface area contributed by atoms with Gasteiger partial charge in [-0.1, -0.05) is 110 Å². The van der Waals surface area contributed by atoms with Crippen molar-refractivity contribution in [2.75, 3.05) is 0 Å². The van der Waals surface area contributed by atoms with Gasteiger partial charge in [-0.3, -0.25) is 9.59 Å². The van der Waals surface area contributed by atoms with E-state index in [9.17, 15) is 18.4 Å². The van der Waals surface area contributed by atoms with Gasteiger partial charge in [-0.25, -0.2) is 13.5 Å². The van der Waals surface area contributed by atoms with Gasteiger partial charge in [0.15, 0.2) is 5.78 Å². The van der Waals surface area contributed by atoms with Crippen molar-refractivity contribution in [2.45, 2.75) is 131 Å². The summed E-state index contributed by atoms with van der Waals surface area (Å²) >= 11 is 0. The van der Waals surface area contributed by atoms with Crippen molar-refractivity contribution < 1.29 is 18.4 Å². The molecule has 1 aliphatic carbocycles. The third-order valence-electron chi connectivity index (χ3n) is 7.51. The summed E-state index contributed by atoms with van der Waals surface area (Å²) in [6.07, 6.45) is 16.7. The molecule has 260 valence electrons. The minimum atomic E-state index is -2.56. The normalized spacial score (nSPS) is 12.9. The van der Waals surface area contributed by atoms with Crippen LogP contribution in [0.1, 0.15) is 134 Å². The van der Waals surface area contributed by atoms with E-state index in [1.807, 2.05) is 26.8 Å². The number of allylic oxidation sites excluding steroid dienone is 7. The lowest BCUT2D eigenvalue weighted by atomic mass is 9.88. The van der Waals surface area contributed by atoms with Crippen LogP contribution in [0.25, 0.3) is 5.69 Å². The molecule has 0 radical (unpaired) electrons. The summed E-state index contributed by atoms with van der Waals surface area (Å²) in [5.41, 5.74) is 6.98. The molecule has 4 nitrogen and oxygen atoms in total. The van der Waals surface area contributed by atoms with Crippen molar-refractivity contribution in [1.29, 1.82) is 0 Å².